The van der Waals surface area contributed by atoms with Crippen molar-refractivity contribution in [3.05, 3.63) is 58.4 Å². The Morgan fingerprint density at radius 1 is 1.19 bits per heavy atom. The smallest absolute Gasteiger partial charge is 0.250 e. The Hall–Kier alpha value is -1.75. The summed E-state index contributed by atoms with van der Waals surface area (Å²) in [6.07, 6.45) is 1.03. The monoisotopic (exact) mass is 515 g/mol. The van der Waals surface area contributed by atoms with Gasteiger partial charge in [-0.25, -0.2) is 12.8 Å². The van der Waals surface area contributed by atoms with Crippen LogP contribution in [0.4, 0.5) is 10.1 Å². The maximum absolute atomic E-state index is 14.7. The van der Waals surface area contributed by atoms with Crippen molar-refractivity contribution in [1.82, 2.24) is 10.0 Å². The molecule has 2 aliphatic rings. The zero-order valence-electron chi connectivity index (χ0n) is 16.7. The second-order valence-electron chi connectivity index (χ2n) is 7.70. The largest absolute Gasteiger partial charge is 0.312 e. The molecule has 11 heteroatoms. The van der Waals surface area contributed by atoms with E-state index in [9.17, 15) is 17.6 Å². The summed E-state index contributed by atoms with van der Waals surface area (Å²) in [5, 5.41) is 4.48. The SMILES string of the molecule is Cl.O=C1[C@@H](NS(=O)(=O)c2cc3ccc(Cl)cc3s2)CCN1c1cc2c(cc1F)CNCC2. The lowest BCUT2D eigenvalue weighted by Crippen LogP contribution is -2.41. The Bertz CT molecular complexity index is 1310. The Morgan fingerprint density at radius 3 is 2.81 bits per heavy atom. The van der Waals surface area contributed by atoms with Crippen LogP contribution in [-0.4, -0.2) is 33.5 Å². The number of sulfonamides is 1. The summed E-state index contributed by atoms with van der Waals surface area (Å²) in [5.74, 6) is -0.916. The van der Waals surface area contributed by atoms with Crippen LogP contribution in [0, 0.1) is 5.82 Å². The van der Waals surface area contributed by atoms with Crippen molar-refractivity contribution in [2.24, 2.45) is 0 Å². The predicted molar refractivity (Wildman–Crippen MR) is 127 cm³/mol. The van der Waals surface area contributed by atoms with Crippen LogP contribution in [0.5, 0.6) is 0 Å². The third-order valence-electron chi connectivity index (χ3n) is 5.67. The van der Waals surface area contributed by atoms with Crippen molar-refractivity contribution in [3.8, 4) is 0 Å². The highest BCUT2D eigenvalue weighted by Gasteiger charge is 2.37. The highest BCUT2D eigenvalue weighted by atomic mass is 35.5. The van der Waals surface area contributed by atoms with Crippen molar-refractivity contribution in [3.63, 3.8) is 0 Å². The van der Waals surface area contributed by atoms with E-state index in [1.165, 1.54) is 11.0 Å². The summed E-state index contributed by atoms with van der Waals surface area (Å²) in [6.45, 7) is 1.65. The van der Waals surface area contributed by atoms with Crippen molar-refractivity contribution in [1.29, 1.82) is 0 Å². The molecule has 5 rings (SSSR count). The van der Waals surface area contributed by atoms with Gasteiger partial charge >= 0.3 is 0 Å². The van der Waals surface area contributed by atoms with E-state index in [1.54, 1.807) is 30.3 Å². The normalized spacial score (nSPS) is 18.6. The van der Waals surface area contributed by atoms with Gasteiger partial charge in [-0.1, -0.05) is 17.7 Å². The van der Waals surface area contributed by atoms with E-state index in [0.717, 1.165) is 45.5 Å². The number of thiophene rings is 1. The van der Waals surface area contributed by atoms with E-state index < -0.39 is 27.8 Å². The van der Waals surface area contributed by atoms with Gasteiger partial charge in [0, 0.05) is 22.8 Å². The standard InChI is InChI=1S/C21H19ClFN3O3S2.ClH/c22-15-2-1-13-9-20(30-19(13)10-15)31(28,29)25-17-4-6-26(21(17)27)18-8-12-3-5-24-11-14(12)7-16(18)23;/h1-2,7-10,17,24-25H,3-6,11H2;1H/t17-;/m0./s1. The second-order valence-corrected chi connectivity index (χ2v) is 11.2. The van der Waals surface area contributed by atoms with Gasteiger partial charge in [-0.15, -0.1) is 23.7 Å². The Morgan fingerprint density at radius 2 is 2.00 bits per heavy atom. The molecule has 2 aliphatic heterocycles. The first kappa shape index (κ1) is 23.4. The number of hydrogen-bond acceptors (Lipinski definition) is 5. The van der Waals surface area contributed by atoms with Crippen LogP contribution in [0.2, 0.25) is 5.02 Å². The molecular formula is C21H20Cl2FN3O3S2. The lowest BCUT2D eigenvalue weighted by Gasteiger charge is -2.23. The summed E-state index contributed by atoms with van der Waals surface area (Å²) < 4.78 is 43.9. The molecule has 32 heavy (non-hydrogen) atoms. The van der Waals surface area contributed by atoms with Gasteiger partial charge in [-0.05, 0) is 66.2 Å². The molecule has 170 valence electrons. The van der Waals surface area contributed by atoms with Crippen LogP contribution in [0.15, 0.2) is 40.6 Å². The van der Waals surface area contributed by atoms with Crippen molar-refractivity contribution in [2.45, 2.75) is 29.6 Å². The topological polar surface area (TPSA) is 78.5 Å². The average Bonchev–Trinajstić information content (AvgIpc) is 3.31. The maximum Gasteiger partial charge on any atom is 0.250 e. The minimum absolute atomic E-state index is 0. The number of halogens is 3. The van der Waals surface area contributed by atoms with E-state index in [4.69, 9.17) is 11.6 Å². The van der Waals surface area contributed by atoms with Crippen molar-refractivity contribution < 1.29 is 17.6 Å². The maximum atomic E-state index is 14.7. The molecule has 6 nitrogen and oxygen atoms in total. The van der Waals surface area contributed by atoms with E-state index in [2.05, 4.69) is 10.0 Å². The molecule has 1 amide bonds. The van der Waals surface area contributed by atoms with Crippen LogP contribution >= 0.6 is 35.3 Å². The molecule has 1 fully saturated rings. The Labute approximate surface area is 200 Å². The third-order valence-corrected chi connectivity index (χ3v) is 8.95. The third kappa shape index (κ3) is 4.25. The number of nitrogens with zero attached hydrogens (tertiary/aromatic N) is 1. The summed E-state index contributed by atoms with van der Waals surface area (Å²) in [6, 6.07) is 8.96. The number of anilines is 1. The molecular weight excluding hydrogens is 496 g/mol. The molecule has 1 aromatic heterocycles. The van der Waals surface area contributed by atoms with Gasteiger partial charge in [0.05, 0.1) is 5.69 Å². The molecule has 1 saturated heterocycles. The van der Waals surface area contributed by atoms with Crippen LogP contribution in [0.3, 0.4) is 0 Å². The van der Waals surface area contributed by atoms with Gasteiger partial charge in [-0.3, -0.25) is 4.79 Å². The molecule has 2 aromatic carbocycles. The molecule has 0 saturated carbocycles. The number of benzene rings is 2. The zero-order valence-corrected chi connectivity index (χ0v) is 19.9. The van der Waals surface area contributed by atoms with Gasteiger partial charge in [0.1, 0.15) is 16.1 Å². The predicted octanol–water partition coefficient (Wildman–Crippen LogP) is 3.85. The van der Waals surface area contributed by atoms with Gasteiger partial charge in [0.25, 0.3) is 10.0 Å². The van der Waals surface area contributed by atoms with E-state index >= 15 is 0 Å². The number of carbonyl (C=O) groups excluding carboxylic acids is 1. The van der Waals surface area contributed by atoms with Crippen LogP contribution in [0.25, 0.3) is 10.1 Å². The first-order chi connectivity index (χ1) is 14.8. The van der Waals surface area contributed by atoms with Crippen LogP contribution in [0.1, 0.15) is 17.5 Å². The van der Waals surface area contributed by atoms with Gasteiger partial charge in [0.15, 0.2) is 0 Å². The molecule has 0 bridgehead atoms. The van der Waals surface area contributed by atoms with E-state index in [0.29, 0.717) is 11.6 Å². The summed E-state index contributed by atoms with van der Waals surface area (Å²) in [4.78, 5) is 14.3. The van der Waals surface area contributed by atoms with Gasteiger partial charge in [-0.2, -0.15) is 4.72 Å². The first-order valence-corrected chi connectivity index (χ1v) is 12.5. The van der Waals surface area contributed by atoms with Crippen LogP contribution in [-0.2, 0) is 27.8 Å². The average molecular weight is 516 g/mol. The number of carbonyl (C=O) groups is 1. The molecule has 3 heterocycles. The quantitative estimate of drug-likeness (QED) is 0.553. The lowest BCUT2D eigenvalue weighted by atomic mass is 9.99. The number of amides is 1. The fourth-order valence-corrected chi connectivity index (χ4v) is 7.00. The number of rotatable bonds is 4. The van der Waals surface area contributed by atoms with E-state index in [1.807, 2.05) is 0 Å². The zero-order chi connectivity index (χ0) is 21.8. The van der Waals surface area contributed by atoms with Crippen LogP contribution < -0.4 is 14.9 Å². The Kier molecular flexibility index (Phi) is 6.50. The van der Waals surface area contributed by atoms with E-state index in [-0.39, 0.29) is 35.3 Å². The molecule has 1 atom stereocenters. The summed E-state index contributed by atoms with van der Waals surface area (Å²) >= 11 is 7.08. The Balaban J connectivity index is 0.00000245. The molecule has 0 spiro atoms. The van der Waals surface area contributed by atoms with Crippen molar-refractivity contribution >= 4 is 67.0 Å². The fraction of sp³-hybridized carbons (Fsp3) is 0.286. The first-order valence-electron chi connectivity index (χ1n) is 9.87. The minimum atomic E-state index is -3.91. The summed E-state index contributed by atoms with van der Waals surface area (Å²) in [7, 11) is -3.91. The van der Waals surface area contributed by atoms with Gasteiger partial charge in [0.2, 0.25) is 5.91 Å². The van der Waals surface area contributed by atoms with Crippen molar-refractivity contribution in [2.75, 3.05) is 18.0 Å². The molecule has 3 aromatic rings. The number of fused-ring (bicyclic) bond motifs is 2. The second kappa shape index (κ2) is 8.89. The van der Waals surface area contributed by atoms with Gasteiger partial charge < -0.3 is 10.2 Å². The molecule has 0 aliphatic carbocycles. The minimum Gasteiger partial charge on any atom is -0.312 e. The molecule has 2 N–H and O–H groups in total. The lowest BCUT2D eigenvalue weighted by molar-refractivity contribution is -0.118. The highest BCUT2D eigenvalue weighted by molar-refractivity contribution is 7.91. The summed E-state index contributed by atoms with van der Waals surface area (Å²) in [5.41, 5.74) is 2.11. The molecule has 0 radical (unpaired) electrons. The fourth-order valence-electron chi connectivity index (χ4n) is 4.08. The highest BCUT2D eigenvalue weighted by Crippen LogP contribution is 2.33. The number of hydrogen-bond donors (Lipinski definition) is 2. The number of nitrogens with one attached hydrogen (secondary N) is 2. The molecule has 0 unspecified atom stereocenters.